The molecule has 0 radical (unpaired) electrons. The second-order valence-corrected chi connectivity index (χ2v) is 4.21. The van der Waals surface area contributed by atoms with E-state index in [0.717, 1.165) is 19.5 Å². The van der Waals surface area contributed by atoms with E-state index in [1.54, 1.807) is 6.92 Å². The fraction of sp³-hybridized carbons (Fsp3) is 0.889. The van der Waals surface area contributed by atoms with Crippen LogP contribution in [0.2, 0.25) is 0 Å². The highest BCUT2D eigenvalue weighted by molar-refractivity contribution is 5.73. The number of fused-ring (bicyclic) bond motifs is 1. The van der Waals surface area contributed by atoms with E-state index in [2.05, 4.69) is 10.2 Å². The third-order valence-electron chi connectivity index (χ3n) is 3.41. The van der Waals surface area contributed by atoms with Gasteiger partial charge in [0.05, 0.1) is 24.3 Å². The SMILES string of the molecule is CC(=O)NC1C2CN3CCC(O2)C13. The average Bonchev–Trinajstić information content (AvgIpc) is 2.60. The van der Waals surface area contributed by atoms with Crippen LogP contribution in [0.15, 0.2) is 0 Å². The van der Waals surface area contributed by atoms with Gasteiger partial charge in [0.1, 0.15) is 0 Å². The molecule has 3 saturated heterocycles. The van der Waals surface area contributed by atoms with E-state index in [9.17, 15) is 4.79 Å². The van der Waals surface area contributed by atoms with E-state index in [0.29, 0.717) is 12.1 Å². The Morgan fingerprint density at radius 3 is 3.08 bits per heavy atom. The van der Waals surface area contributed by atoms with Crippen molar-refractivity contribution in [1.29, 1.82) is 0 Å². The minimum Gasteiger partial charge on any atom is -0.370 e. The van der Waals surface area contributed by atoms with Gasteiger partial charge in [0.15, 0.2) is 0 Å². The summed E-state index contributed by atoms with van der Waals surface area (Å²) in [7, 11) is 0. The van der Waals surface area contributed by atoms with Crippen molar-refractivity contribution in [2.75, 3.05) is 13.1 Å². The van der Waals surface area contributed by atoms with Gasteiger partial charge in [0, 0.05) is 20.0 Å². The molecule has 0 saturated carbocycles. The highest BCUT2D eigenvalue weighted by atomic mass is 16.5. The number of morpholine rings is 1. The first kappa shape index (κ1) is 7.76. The van der Waals surface area contributed by atoms with Crippen LogP contribution in [0.3, 0.4) is 0 Å². The predicted molar refractivity (Wildman–Crippen MR) is 46.2 cm³/mol. The molecule has 3 aliphatic rings. The van der Waals surface area contributed by atoms with Gasteiger partial charge >= 0.3 is 0 Å². The number of carbonyl (C=O) groups is 1. The molecule has 2 bridgehead atoms. The molecule has 3 heterocycles. The number of nitrogens with zero attached hydrogens (tertiary/aromatic N) is 1. The van der Waals surface area contributed by atoms with Crippen molar-refractivity contribution in [3.63, 3.8) is 0 Å². The third kappa shape index (κ3) is 0.957. The molecule has 3 fully saturated rings. The predicted octanol–water partition coefficient (Wildman–Crippen LogP) is -0.654. The average molecular weight is 182 g/mol. The Balaban J connectivity index is 1.81. The number of hydrogen-bond acceptors (Lipinski definition) is 3. The summed E-state index contributed by atoms with van der Waals surface area (Å²) < 4.78 is 5.81. The topological polar surface area (TPSA) is 41.6 Å². The number of rotatable bonds is 1. The van der Waals surface area contributed by atoms with Crippen molar-refractivity contribution < 1.29 is 9.53 Å². The van der Waals surface area contributed by atoms with Gasteiger partial charge in [0.2, 0.25) is 5.91 Å². The van der Waals surface area contributed by atoms with Crippen LogP contribution in [0.25, 0.3) is 0 Å². The standard InChI is InChI=1S/C9H14N2O2/c1-5(12)10-8-7-4-11-3-2-6(13-7)9(8)11/h6-9H,2-4H2,1H3,(H,10,12). The van der Waals surface area contributed by atoms with Crippen molar-refractivity contribution in [1.82, 2.24) is 10.2 Å². The monoisotopic (exact) mass is 182 g/mol. The van der Waals surface area contributed by atoms with Crippen molar-refractivity contribution in [3.05, 3.63) is 0 Å². The number of ether oxygens (including phenoxy) is 1. The molecule has 4 nitrogen and oxygen atoms in total. The lowest BCUT2D eigenvalue weighted by Gasteiger charge is -2.21. The van der Waals surface area contributed by atoms with Crippen molar-refractivity contribution in [2.24, 2.45) is 0 Å². The number of amides is 1. The fourth-order valence-electron chi connectivity index (χ4n) is 3.00. The summed E-state index contributed by atoms with van der Waals surface area (Å²) in [4.78, 5) is 13.4. The molecule has 4 heteroatoms. The number of hydrogen-bond donors (Lipinski definition) is 1. The van der Waals surface area contributed by atoms with E-state index in [4.69, 9.17) is 4.74 Å². The highest BCUT2D eigenvalue weighted by Crippen LogP contribution is 2.39. The fourth-order valence-corrected chi connectivity index (χ4v) is 3.00. The van der Waals surface area contributed by atoms with Crippen LogP contribution in [-0.2, 0) is 9.53 Å². The molecule has 4 unspecified atom stereocenters. The first-order valence-corrected chi connectivity index (χ1v) is 4.92. The summed E-state index contributed by atoms with van der Waals surface area (Å²) in [5.74, 6) is 0.0630. The smallest absolute Gasteiger partial charge is 0.217 e. The molecule has 13 heavy (non-hydrogen) atoms. The van der Waals surface area contributed by atoms with Crippen LogP contribution in [-0.4, -0.2) is 48.2 Å². The Morgan fingerprint density at radius 1 is 1.54 bits per heavy atom. The lowest BCUT2D eigenvalue weighted by Crippen LogP contribution is -2.44. The van der Waals surface area contributed by atoms with Gasteiger partial charge in [-0.2, -0.15) is 0 Å². The second kappa shape index (κ2) is 2.45. The summed E-state index contributed by atoms with van der Waals surface area (Å²) in [6.07, 6.45) is 1.77. The molecule has 4 atom stereocenters. The Labute approximate surface area is 77.2 Å². The number of carbonyl (C=O) groups excluding carboxylic acids is 1. The van der Waals surface area contributed by atoms with Gasteiger partial charge in [-0.05, 0) is 6.42 Å². The molecule has 72 valence electrons. The van der Waals surface area contributed by atoms with Crippen LogP contribution >= 0.6 is 0 Å². The van der Waals surface area contributed by atoms with Crippen LogP contribution in [0.5, 0.6) is 0 Å². The summed E-state index contributed by atoms with van der Waals surface area (Å²) in [5.41, 5.74) is 0. The molecule has 3 rings (SSSR count). The van der Waals surface area contributed by atoms with Crippen LogP contribution < -0.4 is 5.32 Å². The molecule has 1 amide bonds. The molecule has 0 aromatic heterocycles. The van der Waals surface area contributed by atoms with Gasteiger partial charge < -0.3 is 10.1 Å². The summed E-state index contributed by atoms with van der Waals surface area (Å²) >= 11 is 0. The summed E-state index contributed by atoms with van der Waals surface area (Å²) in [6, 6.07) is 0.721. The Morgan fingerprint density at radius 2 is 2.38 bits per heavy atom. The maximum atomic E-state index is 11.0. The molecule has 1 N–H and O–H groups in total. The minimum atomic E-state index is 0.0630. The van der Waals surface area contributed by atoms with Gasteiger partial charge in [-0.25, -0.2) is 0 Å². The Kier molecular flexibility index (Phi) is 1.46. The van der Waals surface area contributed by atoms with Gasteiger partial charge in [-0.1, -0.05) is 0 Å². The summed E-state index contributed by atoms with van der Waals surface area (Å²) in [6.45, 7) is 3.73. The Hall–Kier alpha value is -0.610. The zero-order chi connectivity index (χ0) is 9.00. The van der Waals surface area contributed by atoms with Crippen molar-refractivity contribution in [3.8, 4) is 0 Å². The maximum absolute atomic E-state index is 11.0. The zero-order valence-corrected chi connectivity index (χ0v) is 7.69. The lowest BCUT2D eigenvalue weighted by atomic mass is 10.1. The molecule has 0 spiro atoms. The van der Waals surface area contributed by atoms with E-state index in [1.807, 2.05) is 0 Å². The van der Waals surface area contributed by atoms with Crippen molar-refractivity contribution >= 4 is 5.91 Å². The van der Waals surface area contributed by atoms with Gasteiger partial charge in [-0.3, -0.25) is 9.69 Å². The minimum absolute atomic E-state index is 0.0630. The largest absolute Gasteiger partial charge is 0.370 e. The second-order valence-electron chi connectivity index (χ2n) is 4.21. The lowest BCUT2D eigenvalue weighted by molar-refractivity contribution is -0.119. The highest BCUT2D eigenvalue weighted by Gasteiger charge is 2.57. The molecule has 0 aromatic carbocycles. The zero-order valence-electron chi connectivity index (χ0n) is 7.69. The van der Waals surface area contributed by atoms with Gasteiger partial charge in [-0.15, -0.1) is 0 Å². The summed E-state index contributed by atoms with van der Waals surface area (Å²) in [5, 5.41) is 3.00. The van der Waals surface area contributed by atoms with E-state index in [-0.39, 0.29) is 18.1 Å². The van der Waals surface area contributed by atoms with E-state index >= 15 is 0 Å². The first-order chi connectivity index (χ1) is 6.25. The normalized spacial score (nSPS) is 47.2. The van der Waals surface area contributed by atoms with E-state index in [1.165, 1.54) is 0 Å². The molecule has 3 aliphatic heterocycles. The molecule has 0 aliphatic carbocycles. The van der Waals surface area contributed by atoms with Gasteiger partial charge in [0.25, 0.3) is 0 Å². The van der Waals surface area contributed by atoms with Crippen molar-refractivity contribution in [2.45, 2.75) is 37.6 Å². The maximum Gasteiger partial charge on any atom is 0.217 e. The molecular formula is C9H14N2O2. The molecular weight excluding hydrogens is 168 g/mol. The quantitative estimate of drug-likeness (QED) is 0.585. The van der Waals surface area contributed by atoms with Crippen LogP contribution in [0.1, 0.15) is 13.3 Å². The van der Waals surface area contributed by atoms with Crippen LogP contribution in [0, 0.1) is 0 Å². The number of nitrogens with one attached hydrogen (secondary N) is 1. The third-order valence-corrected chi connectivity index (χ3v) is 3.41. The van der Waals surface area contributed by atoms with E-state index < -0.39 is 0 Å². The first-order valence-electron chi connectivity index (χ1n) is 4.92. The Bertz CT molecular complexity index is 242. The molecule has 0 aromatic rings. The van der Waals surface area contributed by atoms with Crippen LogP contribution in [0.4, 0.5) is 0 Å².